The molecule has 2 amide bonds. The lowest BCUT2D eigenvalue weighted by atomic mass is 10.0. The number of aryl methyl sites for hydroxylation is 1. The number of pyridine rings is 1. The average molecular weight is 787 g/mol. The van der Waals surface area contributed by atoms with Gasteiger partial charge in [-0.15, -0.1) is 5.10 Å². The molecule has 0 radical (unpaired) electrons. The predicted molar refractivity (Wildman–Crippen MR) is 159 cm³/mol. The summed E-state index contributed by atoms with van der Waals surface area (Å²) in [6.07, 6.45) is -11.3. The second-order valence-corrected chi connectivity index (χ2v) is 12.7. The van der Waals surface area contributed by atoms with E-state index in [0.717, 1.165) is 10.7 Å². The summed E-state index contributed by atoms with van der Waals surface area (Å²) in [5.74, 6) is -1.36. The van der Waals surface area contributed by atoms with E-state index in [1.807, 2.05) is 22.6 Å². The summed E-state index contributed by atoms with van der Waals surface area (Å²) in [5.41, 5.74) is -7.96. The van der Waals surface area contributed by atoms with Gasteiger partial charge in [0.15, 0.2) is 5.82 Å². The Bertz CT molecular complexity index is 1780. The molecule has 2 N–H and O–H groups in total. The summed E-state index contributed by atoms with van der Waals surface area (Å²) in [7, 11) is 0. The van der Waals surface area contributed by atoms with Crippen LogP contribution < -0.4 is 10.6 Å². The van der Waals surface area contributed by atoms with Gasteiger partial charge in [0.25, 0.3) is 11.8 Å². The number of alkyl halides is 7. The Kier molecular flexibility index (Phi) is 9.46. The van der Waals surface area contributed by atoms with E-state index >= 15 is 0 Å². The maximum absolute atomic E-state index is 14.5. The van der Waals surface area contributed by atoms with Gasteiger partial charge in [0.05, 0.1) is 34.7 Å². The molecule has 3 heterocycles. The fourth-order valence-electron chi connectivity index (χ4n) is 4.19. The van der Waals surface area contributed by atoms with Gasteiger partial charge in [0.2, 0.25) is 0 Å². The summed E-state index contributed by atoms with van der Waals surface area (Å²) in [5, 5.41) is 15.8. The summed E-state index contributed by atoms with van der Waals surface area (Å²) in [6.45, 7) is 6.35. The third kappa shape index (κ3) is 7.11. The zero-order chi connectivity index (χ0) is 34.4. The Labute approximate surface area is 274 Å². The molecule has 0 aliphatic carbocycles. The Hall–Kier alpha value is -3.81. The summed E-state index contributed by atoms with van der Waals surface area (Å²) in [4.78, 5) is 31.0. The third-order valence-corrected chi connectivity index (χ3v) is 7.12. The highest BCUT2D eigenvalue weighted by Crippen LogP contribution is 2.52. The Morgan fingerprint density at radius 2 is 1.65 bits per heavy atom. The van der Waals surface area contributed by atoms with Crippen molar-refractivity contribution in [1.29, 1.82) is 0 Å². The van der Waals surface area contributed by atoms with Gasteiger partial charge in [0, 0.05) is 15.3 Å². The van der Waals surface area contributed by atoms with Crippen LogP contribution in [0, 0.1) is 10.5 Å². The van der Waals surface area contributed by atoms with Crippen molar-refractivity contribution in [3.8, 4) is 5.82 Å². The van der Waals surface area contributed by atoms with E-state index < -0.39 is 47.6 Å². The number of nitrogens with one attached hydrogen (secondary N) is 2. The van der Waals surface area contributed by atoms with E-state index in [2.05, 4.69) is 31.0 Å². The zero-order valence-corrected chi connectivity index (χ0v) is 27.1. The first-order valence-corrected chi connectivity index (χ1v) is 14.4. The average Bonchev–Trinajstić information content (AvgIpc) is 3.55. The van der Waals surface area contributed by atoms with Gasteiger partial charge < -0.3 is 10.6 Å². The minimum absolute atomic E-state index is 0.0301. The molecule has 1 aromatic carbocycles. The number of rotatable bonds is 7. The quantitative estimate of drug-likeness (QED) is 0.162. The highest BCUT2D eigenvalue weighted by molar-refractivity contribution is 14.1. The van der Waals surface area contributed by atoms with Crippen LogP contribution in [0.2, 0.25) is 5.02 Å². The predicted octanol–water partition coefficient (Wildman–Crippen LogP) is 6.54. The van der Waals surface area contributed by atoms with E-state index in [1.54, 1.807) is 39.8 Å². The van der Waals surface area contributed by atoms with E-state index in [0.29, 0.717) is 13.8 Å². The van der Waals surface area contributed by atoms with Crippen LogP contribution in [0.5, 0.6) is 0 Å². The van der Waals surface area contributed by atoms with E-state index in [-0.39, 0.29) is 39.7 Å². The summed E-state index contributed by atoms with van der Waals surface area (Å²) in [6, 6.07) is 7.36. The fraction of sp³-hybridized carbons (Fsp3) is 0.333. The number of carbonyl (C=O) groups is 2. The standard InChI is InChI=1S/C27H23ClF7IN8O2/c1-13-8-14(36)9-16(22(45)39-24(2,3)4)20(13)38-23(46)18-10-15(41-44(18)21-17(28)6-5-7-37-21)11-43-12-19(40-42-43)25(29,26(30,31)32)27(33,34)35/h5-10,12H,11H2,1-4H3,(H,38,46)(H,39,45). The number of amides is 2. The number of carbonyl (C=O) groups excluding carboxylic acids is 2. The molecule has 0 unspecified atom stereocenters. The molecule has 10 nitrogen and oxygen atoms in total. The van der Waals surface area contributed by atoms with Crippen LogP contribution in [0.1, 0.15) is 58.6 Å². The molecule has 0 fully saturated rings. The molecule has 246 valence electrons. The Balaban J connectivity index is 1.76. The van der Waals surface area contributed by atoms with Crippen LogP contribution in [0.15, 0.2) is 42.7 Å². The lowest BCUT2D eigenvalue weighted by Crippen LogP contribution is -2.50. The molecule has 0 aliphatic heterocycles. The van der Waals surface area contributed by atoms with Crippen molar-refractivity contribution < 1.29 is 40.3 Å². The zero-order valence-electron chi connectivity index (χ0n) is 24.2. The van der Waals surface area contributed by atoms with Crippen molar-refractivity contribution in [2.45, 2.75) is 57.8 Å². The number of nitrogens with zero attached hydrogens (tertiary/aromatic N) is 6. The maximum Gasteiger partial charge on any atom is 0.437 e. The van der Waals surface area contributed by atoms with E-state index in [4.69, 9.17) is 11.6 Å². The lowest BCUT2D eigenvalue weighted by molar-refractivity contribution is -0.350. The van der Waals surface area contributed by atoms with Gasteiger partial charge in [-0.2, -0.15) is 31.4 Å². The van der Waals surface area contributed by atoms with Gasteiger partial charge >= 0.3 is 18.0 Å². The second kappa shape index (κ2) is 12.4. The molecule has 0 bridgehead atoms. The number of halogens is 9. The molecule has 0 spiro atoms. The van der Waals surface area contributed by atoms with Gasteiger partial charge in [0.1, 0.15) is 11.4 Å². The molecule has 3 aromatic heterocycles. The van der Waals surface area contributed by atoms with Crippen molar-refractivity contribution in [3.05, 3.63) is 79.5 Å². The minimum Gasteiger partial charge on any atom is -0.347 e. The molecule has 4 aromatic rings. The Morgan fingerprint density at radius 3 is 2.24 bits per heavy atom. The normalized spacial score (nSPS) is 12.7. The van der Waals surface area contributed by atoms with Crippen molar-refractivity contribution in [2.75, 3.05) is 5.32 Å². The SMILES string of the molecule is Cc1cc(I)cc(C(=O)NC(C)(C)C)c1NC(=O)c1cc(Cn2cc(C(F)(C(F)(F)F)C(F)(F)F)nn2)nn1-c1ncccc1Cl. The fourth-order valence-corrected chi connectivity index (χ4v) is 5.17. The van der Waals surface area contributed by atoms with Crippen molar-refractivity contribution in [3.63, 3.8) is 0 Å². The maximum atomic E-state index is 14.5. The lowest BCUT2D eigenvalue weighted by Gasteiger charge is -2.27. The third-order valence-electron chi connectivity index (χ3n) is 6.20. The van der Waals surface area contributed by atoms with Gasteiger partial charge in [-0.3, -0.25) is 9.59 Å². The molecule has 0 saturated carbocycles. The van der Waals surface area contributed by atoms with Gasteiger partial charge in [-0.25, -0.2) is 18.7 Å². The minimum atomic E-state index is -6.38. The van der Waals surface area contributed by atoms with Crippen LogP contribution >= 0.6 is 34.2 Å². The van der Waals surface area contributed by atoms with Crippen LogP contribution in [0.4, 0.5) is 36.4 Å². The number of aromatic nitrogens is 6. The summed E-state index contributed by atoms with van der Waals surface area (Å²) >= 11 is 8.30. The molecule has 46 heavy (non-hydrogen) atoms. The molecule has 0 atom stereocenters. The topological polar surface area (TPSA) is 120 Å². The Morgan fingerprint density at radius 1 is 1.00 bits per heavy atom. The highest BCUT2D eigenvalue weighted by atomic mass is 127. The number of benzene rings is 1. The van der Waals surface area contributed by atoms with E-state index in [1.165, 1.54) is 18.3 Å². The largest absolute Gasteiger partial charge is 0.437 e. The molecule has 0 aliphatic rings. The van der Waals surface area contributed by atoms with Crippen molar-refractivity contribution in [1.82, 2.24) is 35.1 Å². The molecular weight excluding hydrogens is 764 g/mol. The number of hydrogen-bond acceptors (Lipinski definition) is 6. The number of anilines is 1. The first-order valence-electron chi connectivity index (χ1n) is 13.0. The summed E-state index contributed by atoms with van der Waals surface area (Å²) < 4.78 is 95.9. The van der Waals surface area contributed by atoms with Crippen LogP contribution in [-0.2, 0) is 12.2 Å². The molecule has 4 rings (SSSR count). The second-order valence-electron chi connectivity index (χ2n) is 11.0. The monoisotopic (exact) mass is 786 g/mol. The number of hydrogen-bond donors (Lipinski definition) is 2. The first-order chi connectivity index (χ1) is 21.1. The van der Waals surface area contributed by atoms with Crippen LogP contribution in [0.25, 0.3) is 5.82 Å². The molecule has 0 saturated heterocycles. The van der Waals surface area contributed by atoms with Crippen LogP contribution in [0.3, 0.4) is 0 Å². The molecular formula is C27H23ClF7IN8O2. The smallest absolute Gasteiger partial charge is 0.347 e. The van der Waals surface area contributed by atoms with Gasteiger partial charge in [-0.1, -0.05) is 16.8 Å². The molecule has 19 heteroatoms. The first kappa shape index (κ1) is 35.1. The van der Waals surface area contributed by atoms with Crippen LogP contribution in [-0.4, -0.2) is 59.5 Å². The van der Waals surface area contributed by atoms with E-state index in [9.17, 15) is 40.3 Å². The van der Waals surface area contributed by atoms with Crippen molar-refractivity contribution in [2.24, 2.45) is 0 Å². The van der Waals surface area contributed by atoms with Gasteiger partial charge in [-0.05, 0) is 86.2 Å². The highest BCUT2D eigenvalue weighted by Gasteiger charge is 2.75. The van der Waals surface area contributed by atoms with Crippen molar-refractivity contribution >= 4 is 51.7 Å².